The average Bonchev–Trinajstić information content (AvgIpc) is 2.68. The van der Waals surface area contributed by atoms with Crippen LogP contribution >= 0.6 is 24.0 Å². The van der Waals surface area contributed by atoms with Crippen molar-refractivity contribution in [3.63, 3.8) is 0 Å². The van der Waals surface area contributed by atoms with Crippen LogP contribution < -0.4 is 10.6 Å². The molecular weight excluding hydrogens is 454 g/mol. The van der Waals surface area contributed by atoms with Gasteiger partial charge in [0.15, 0.2) is 5.96 Å². The van der Waals surface area contributed by atoms with Crippen LogP contribution in [0.5, 0.6) is 0 Å². The van der Waals surface area contributed by atoms with Crippen LogP contribution in [0.3, 0.4) is 0 Å². The maximum atomic E-state index is 13.6. The second kappa shape index (κ2) is 10.8. The number of pyridine rings is 1. The Bertz CT molecular complexity index is 893. The number of para-hydroxylation sites is 1. The van der Waals surface area contributed by atoms with Crippen LogP contribution in [0.4, 0.5) is 4.39 Å². The van der Waals surface area contributed by atoms with Gasteiger partial charge < -0.3 is 10.6 Å². The maximum Gasteiger partial charge on any atom is 0.190 e. The third-order valence-electron chi connectivity index (χ3n) is 4.27. The molecule has 0 aliphatic carbocycles. The highest BCUT2D eigenvalue weighted by Crippen LogP contribution is 2.15. The summed E-state index contributed by atoms with van der Waals surface area (Å²) in [5.74, 6) is 0.551. The molecular formula is C21H24FIN4. The van der Waals surface area contributed by atoms with Crippen molar-refractivity contribution in [3.8, 4) is 0 Å². The molecule has 3 aromatic rings. The van der Waals surface area contributed by atoms with E-state index < -0.39 is 0 Å². The number of nitrogens with zero attached hydrogens (tertiary/aromatic N) is 2. The Morgan fingerprint density at radius 2 is 1.59 bits per heavy atom. The van der Waals surface area contributed by atoms with E-state index in [0.717, 1.165) is 29.8 Å². The fourth-order valence-corrected chi connectivity index (χ4v) is 2.92. The molecule has 3 rings (SSSR count). The molecule has 0 aliphatic heterocycles. The number of halogens is 2. The Hall–Kier alpha value is -2.22. The summed E-state index contributed by atoms with van der Waals surface area (Å²) in [5.41, 5.74) is 2.95. The van der Waals surface area contributed by atoms with Crippen molar-refractivity contribution in [2.45, 2.75) is 12.8 Å². The summed E-state index contributed by atoms with van der Waals surface area (Å²) < 4.78 is 13.6. The second-order valence-electron chi connectivity index (χ2n) is 6.01. The second-order valence-corrected chi connectivity index (χ2v) is 6.01. The van der Waals surface area contributed by atoms with Gasteiger partial charge in [-0.2, -0.15) is 0 Å². The Balaban J connectivity index is 0.00000261. The van der Waals surface area contributed by atoms with Gasteiger partial charge in [0, 0.05) is 31.7 Å². The van der Waals surface area contributed by atoms with E-state index in [0.29, 0.717) is 18.5 Å². The number of nitrogens with one attached hydrogen (secondary N) is 2. The third kappa shape index (κ3) is 5.89. The first kappa shape index (κ1) is 21.1. The number of aromatic nitrogens is 1. The Labute approximate surface area is 176 Å². The Kier molecular flexibility index (Phi) is 8.44. The highest BCUT2D eigenvalue weighted by atomic mass is 127. The first-order valence-electron chi connectivity index (χ1n) is 8.78. The SMILES string of the molecule is CN=C(NCCc1ccccc1F)NCCc1cccc2cccnc12.I. The van der Waals surface area contributed by atoms with Gasteiger partial charge in [0.2, 0.25) is 0 Å². The molecule has 0 aliphatic rings. The fourth-order valence-electron chi connectivity index (χ4n) is 2.92. The van der Waals surface area contributed by atoms with Crippen LogP contribution in [0.15, 0.2) is 65.8 Å². The van der Waals surface area contributed by atoms with Crippen LogP contribution in [0.25, 0.3) is 10.9 Å². The minimum Gasteiger partial charge on any atom is -0.356 e. The van der Waals surface area contributed by atoms with Gasteiger partial charge >= 0.3 is 0 Å². The summed E-state index contributed by atoms with van der Waals surface area (Å²) >= 11 is 0. The minimum absolute atomic E-state index is 0. The lowest BCUT2D eigenvalue weighted by atomic mass is 10.1. The normalized spacial score (nSPS) is 11.1. The van der Waals surface area contributed by atoms with Crippen molar-refractivity contribution in [3.05, 3.63) is 77.7 Å². The van der Waals surface area contributed by atoms with Gasteiger partial charge in [-0.15, -0.1) is 24.0 Å². The van der Waals surface area contributed by atoms with Crippen molar-refractivity contribution in [1.82, 2.24) is 15.6 Å². The van der Waals surface area contributed by atoms with Crippen molar-refractivity contribution in [2.75, 3.05) is 20.1 Å². The van der Waals surface area contributed by atoms with E-state index in [9.17, 15) is 4.39 Å². The summed E-state index contributed by atoms with van der Waals surface area (Å²) in [7, 11) is 1.73. The minimum atomic E-state index is -0.166. The predicted molar refractivity (Wildman–Crippen MR) is 120 cm³/mol. The zero-order valence-electron chi connectivity index (χ0n) is 15.3. The highest BCUT2D eigenvalue weighted by Gasteiger charge is 2.04. The lowest BCUT2D eigenvalue weighted by molar-refractivity contribution is 0.606. The van der Waals surface area contributed by atoms with Crippen molar-refractivity contribution in [2.24, 2.45) is 4.99 Å². The van der Waals surface area contributed by atoms with Crippen LogP contribution in [-0.4, -0.2) is 31.1 Å². The van der Waals surface area contributed by atoms with E-state index >= 15 is 0 Å². The summed E-state index contributed by atoms with van der Waals surface area (Å²) in [6, 6.07) is 17.1. The topological polar surface area (TPSA) is 49.3 Å². The molecule has 0 saturated carbocycles. The smallest absolute Gasteiger partial charge is 0.190 e. The van der Waals surface area contributed by atoms with Gasteiger partial charge in [0.25, 0.3) is 0 Å². The average molecular weight is 478 g/mol. The van der Waals surface area contributed by atoms with E-state index in [1.54, 1.807) is 19.2 Å². The lowest BCUT2D eigenvalue weighted by Gasteiger charge is -2.12. The maximum absolute atomic E-state index is 13.6. The summed E-state index contributed by atoms with van der Waals surface area (Å²) in [5, 5.41) is 7.68. The molecule has 1 heterocycles. The molecule has 2 aromatic carbocycles. The zero-order valence-corrected chi connectivity index (χ0v) is 17.6. The van der Waals surface area contributed by atoms with Crippen molar-refractivity contribution < 1.29 is 4.39 Å². The number of fused-ring (bicyclic) bond motifs is 1. The summed E-state index contributed by atoms with van der Waals surface area (Å²) in [4.78, 5) is 8.70. The number of guanidine groups is 1. The highest BCUT2D eigenvalue weighted by molar-refractivity contribution is 14.0. The Morgan fingerprint density at radius 3 is 2.33 bits per heavy atom. The van der Waals surface area contributed by atoms with Crippen LogP contribution in [0.2, 0.25) is 0 Å². The summed E-state index contributed by atoms with van der Waals surface area (Å²) in [6.45, 7) is 1.37. The van der Waals surface area contributed by atoms with E-state index in [4.69, 9.17) is 0 Å². The van der Waals surface area contributed by atoms with E-state index in [2.05, 4.69) is 44.9 Å². The van der Waals surface area contributed by atoms with Crippen LogP contribution in [0, 0.1) is 5.82 Å². The molecule has 27 heavy (non-hydrogen) atoms. The first-order chi connectivity index (χ1) is 12.8. The van der Waals surface area contributed by atoms with Crippen molar-refractivity contribution in [1.29, 1.82) is 0 Å². The molecule has 4 nitrogen and oxygen atoms in total. The molecule has 0 radical (unpaired) electrons. The predicted octanol–water partition coefficient (Wildman–Crippen LogP) is 3.94. The van der Waals surface area contributed by atoms with E-state index in [-0.39, 0.29) is 29.8 Å². The molecule has 0 spiro atoms. The van der Waals surface area contributed by atoms with E-state index in [1.165, 1.54) is 11.6 Å². The van der Waals surface area contributed by atoms with Gasteiger partial charge in [0.05, 0.1) is 5.52 Å². The molecule has 0 saturated heterocycles. The van der Waals surface area contributed by atoms with Gasteiger partial charge in [0.1, 0.15) is 5.82 Å². The number of hydrogen-bond donors (Lipinski definition) is 2. The molecule has 6 heteroatoms. The monoisotopic (exact) mass is 478 g/mol. The van der Waals surface area contributed by atoms with Crippen LogP contribution in [-0.2, 0) is 12.8 Å². The molecule has 0 unspecified atom stereocenters. The standard InChI is InChI=1S/C21H23FN4.HI/c1-23-21(25-14-11-16-6-2-3-10-19(16)22)26-15-12-18-8-4-7-17-9-5-13-24-20(17)18;/h2-10,13H,11-12,14-15H2,1H3,(H2,23,25,26);1H. The van der Waals surface area contributed by atoms with Gasteiger partial charge in [-0.05, 0) is 36.1 Å². The van der Waals surface area contributed by atoms with Crippen LogP contribution in [0.1, 0.15) is 11.1 Å². The molecule has 2 N–H and O–H groups in total. The Morgan fingerprint density at radius 1 is 0.926 bits per heavy atom. The van der Waals surface area contributed by atoms with Gasteiger partial charge in [-0.3, -0.25) is 9.98 Å². The molecule has 0 amide bonds. The number of rotatable bonds is 6. The molecule has 1 aromatic heterocycles. The zero-order chi connectivity index (χ0) is 18.2. The first-order valence-corrected chi connectivity index (χ1v) is 8.78. The molecule has 0 bridgehead atoms. The number of aliphatic imine (C=N–C) groups is 1. The van der Waals surface area contributed by atoms with Gasteiger partial charge in [-0.1, -0.05) is 42.5 Å². The summed E-state index contributed by atoms with van der Waals surface area (Å²) in [6.07, 6.45) is 3.28. The molecule has 0 atom stereocenters. The largest absolute Gasteiger partial charge is 0.356 e. The fraction of sp³-hybridized carbons (Fsp3) is 0.238. The number of hydrogen-bond acceptors (Lipinski definition) is 2. The molecule has 0 fully saturated rings. The lowest BCUT2D eigenvalue weighted by Crippen LogP contribution is -2.39. The number of benzene rings is 2. The van der Waals surface area contributed by atoms with Crippen molar-refractivity contribution >= 4 is 40.8 Å². The third-order valence-corrected chi connectivity index (χ3v) is 4.27. The quantitative estimate of drug-likeness (QED) is 0.321. The molecule has 142 valence electrons. The van der Waals surface area contributed by atoms with E-state index in [1.807, 2.05) is 18.3 Å². The van der Waals surface area contributed by atoms with Gasteiger partial charge in [-0.25, -0.2) is 4.39 Å².